The molecule has 1 aromatic rings. The summed E-state index contributed by atoms with van der Waals surface area (Å²) in [7, 11) is 2.05. The smallest absolute Gasteiger partial charge is 0.0743 e. The highest BCUT2D eigenvalue weighted by Gasteiger charge is 2.26. The van der Waals surface area contributed by atoms with Crippen molar-refractivity contribution in [2.45, 2.75) is 37.8 Å². The zero-order valence-corrected chi connectivity index (χ0v) is 9.76. The van der Waals surface area contributed by atoms with Crippen LogP contribution in [0.3, 0.4) is 0 Å². The molecule has 2 atom stereocenters. The van der Waals surface area contributed by atoms with Crippen LogP contribution < -0.4 is 10.6 Å². The van der Waals surface area contributed by atoms with Crippen LogP contribution in [0.2, 0.25) is 0 Å². The molecule has 0 radical (unpaired) electrons. The molecular weight excluding hydrogens is 200 g/mol. The number of hydrogen-bond acceptors (Lipinski definition) is 3. The fourth-order valence-electron chi connectivity index (χ4n) is 2.44. The number of benzene rings is 1. The maximum absolute atomic E-state index is 9.99. The van der Waals surface area contributed by atoms with E-state index in [0.29, 0.717) is 0 Å². The zero-order chi connectivity index (χ0) is 11.5. The van der Waals surface area contributed by atoms with Crippen molar-refractivity contribution in [3.8, 4) is 0 Å². The van der Waals surface area contributed by atoms with E-state index in [1.165, 1.54) is 6.42 Å². The summed E-state index contributed by atoms with van der Waals surface area (Å²) < 4.78 is 0. The third-order valence-electron chi connectivity index (χ3n) is 3.49. The molecule has 0 heterocycles. The first-order chi connectivity index (χ1) is 7.68. The predicted molar refractivity (Wildman–Crippen MR) is 67.5 cm³/mol. The molecule has 0 bridgehead atoms. The minimum Gasteiger partial charge on any atom is -0.399 e. The van der Waals surface area contributed by atoms with Gasteiger partial charge in [-0.1, -0.05) is 12.8 Å². The summed E-state index contributed by atoms with van der Waals surface area (Å²) in [5.74, 6) is 0. The van der Waals surface area contributed by atoms with E-state index in [0.717, 1.165) is 30.6 Å². The highest BCUT2D eigenvalue weighted by molar-refractivity contribution is 5.53. The number of rotatable bonds is 2. The standard InChI is InChI=1S/C13H20N2O/c1-15(11-8-6-10(14)7-9-11)12-4-2-3-5-13(12)16/h6-9,12-13,16H,2-5,14H2,1H3. The van der Waals surface area contributed by atoms with Crippen LogP contribution >= 0.6 is 0 Å². The summed E-state index contributed by atoms with van der Waals surface area (Å²) in [5, 5.41) is 9.99. The van der Waals surface area contributed by atoms with E-state index >= 15 is 0 Å². The van der Waals surface area contributed by atoms with Gasteiger partial charge < -0.3 is 15.7 Å². The van der Waals surface area contributed by atoms with E-state index in [-0.39, 0.29) is 12.1 Å². The van der Waals surface area contributed by atoms with Crippen molar-refractivity contribution >= 4 is 11.4 Å². The van der Waals surface area contributed by atoms with Gasteiger partial charge in [-0.15, -0.1) is 0 Å². The monoisotopic (exact) mass is 220 g/mol. The first-order valence-corrected chi connectivity index (χ1v) is 5.95. The van der Waals surface area contributed by atoms with Crippen molar-refractivity contribution in [2.75, 3.05) is 17.7 Å². The Labute approximate surface area is 96.9 Å². The summed E-state index contributed by atoms with van der Waals surface area (Å²) in [6.45, 7) is 0. The van der Waals surface area contributed by atoms with Gasteiger partial charge in [0.05, 0.1) is 12.1 Å². The first kappa shape index (κ1) is 11.3. The lowest BCUT2D eigenvalue weighted by molar-refractivity contribution is 0.106. The van der Waals surface area contributed by atoms with Gasteiger partial charge in [-0.3, -0.25) is 0 Å². The lowest BCUT2D eigenvalue weighted by atomic mass is 9.91. The number of aliphatic hydroxyl groups excluding tert-OH is 1. The number of aliphatic hydroxyl groups is 1. The maximum Gasteiger partial charge on any atom is 0.0743 e. The van der Waals surface area contributed by atoms with E-state index in [2.05, 4.69) is 4.90 Å². The Hall–Kier alpha value is -1.22. The molecule has 2 unspecified atom stereocenters. The number of nitrogens with two attached hydrogens (primary N) is 1. The van der Waals surface area contributed by atoms with Gasteiger partial charge in [-0.05, 0) is 37.1 Å². The van der Waals surface area contributed by atoms with Crippen LogP contribution in [0, 0.1) is 0 Å². The van der Waals surface area contributed by atoms with Gasteiger partial charge in [-0.25, -0.2) is 0 Å². The number of nitrogens with zero attached hydrogens (tertiary/aromatic N) is 1. The topological polar surface area (TPSA) is 49.5 Å². The van der Waals surface area contributed by atoms with Crippen LogP contribution in [0.4, 0.5) is 11.4 Å². The van der Waals surface area contributed by atoms with Gasteiger partial charge in [0.1, 0.15) is 0 Å². The average molecular weight is 220 g/mol. The summed E-state index contributed by atoms with van der Waals surface area (Å²) >= 11 is 0. The second kappa shape index (κ2) is 4.74. The molecule has 0 saturated heterocycles. The van der Waals surface area contributed by atoms with E-state index in [9.17, 15) is 5.11 Å². The minimum atomic E-state index is -0.198. The van der Waals surface area contributed by atoms with Gasteiger partial charge in [0.25, 0.3) is 0 Å². The summed E-state index contributed by atoms with van der Waals surface area (Å²) in [4.78, 5) is 2.17. The largest absolute Gasteiger partial charge is 0.399 e. The second-order valence-electron chi connectivity index (χ2n) is 4.62. The molecule has 1 aromatic carbocycles. The molecule has 0 spiro atoms. The van der Waals surface area contributed by atoms with Crippen molar-refractivity contribution < 1.29 is 5.11 Å². The quantitative estimate of drug-likeness (QED) is 0.750. The van der Waals surface area contributed by atoms with Gasteiger partial charge in [0.15, 0.2) is 0 Å². The molecular formula is C13H20N2O. The molecule has 1 saturated carbocycles. The van der Waals surface area contributed by atoms with Crippen LogP contribution in [0.15, 0.2) is 24.3 Å². The fourth-order valence-corrected chi connectivity index (χ4v) is 2.44. The lowest BCUT2D eigenvalue weighted by Gasteiger charge is -2.36. The highest BCUT2D eigenvalue weighted by Crippen LogP contribution is 2.26. The molecule has 16 heavy (non-hydrogen) atoms. The molecule has 0 aromatic heterocycles. The van der Waals surface area contributed by atoms with Crippen molar-refractivity contribution in [1.29, 1.82) is 0 Å². The van der Waals surface area contributed by atoms with Crippen molar-refractivity contribution in [2.24, 2.45) is 0 Å². The molecule has 1 aliphatic carbocycles. The van der Waals surface area contributed by atoms with E-state index in [4.69, 9.17) is 5.73 Å². The minimum absolute atomic E-state index is 0.198. The molecule has 3 nitrogen and oxygen atoms in total. The third-order valence-corrected chi connectivity index (χ3v) is 3.49. The second-order valence-corrected chi connectivity index (χ2v) is 4.62. The number of anilines is 2. The Morgan fingerprint density at radius 3 is 2.44 bits per heavy atom. The van der Waals surface area contributed by atoms with Crippen LogP contribution in [-0.4, -0.2) is 24.3 Å². The van der Waals surface area contributed by atoms with E-state index in [1.807, 2.05) is 31.3 Å². The molecule has 88 valence electrons. The normalized spacial score (nSPS) is 25.4. The number of hydrogen-bond donors (Lipinski definition) is 2. The molecule has 1 fully saturated rings. The summed E-state index contributed by atoms with van der Waals surface area (Å²) in [6.07, 6.45) is 4.15. The number of likely N-dealkylation sites (N-methyl/N-ethyl adjacent to an activating group) is 1. The van der Waals surface area contributed by atoms with Crippen molar-refractivity contribution in [1.82, 2.24) is 0 Å². The van der Waals surface area contributed by atoms with Gasteiger partial charge >= 0.3 is 0 Å². The first-order valence-electron chi connectivity index (χ1n) is 5.95. The predicted octanol–water partition coefficient (Wildman–Crippen LogP) is 2.01. The van der Waals surface area contributed by atoms with Crippen molar-refractivity contribution in [3.05, 3.63) is 24.3 Å². The third kappa shape index (κ3) is 2.30. The van der Waals surface area contributed by atoms with Gasteiger partial charge in [0, 0.05) is 18.4 Å². The molecule has 2 rings (SSSR count). The Morgan fingerprint density at radius 1 is 1.19 bits per heavy atom. The van der Waals surface area contributed by atoms with Gasteiger partial charge in [-0.2, -0.15) is 0 Å². The Balaban J connectivity index is 2.11. The van der Waals surface area contributed by atoms with Crippen molar-refractivity contribution in [3.63, 3.8) is 0 Å². The van der Waals surface area contributed by atoms with Gasteiger partial charge in [0.2, 0.25) is 0 Å². The molecule has 3 heteroatoms. The molecule has 0 aliphatic heterocycles. The Morgan fingerprint density at radius 2 is 1.81 bits per heavy atom. The molecule has 1 aliphatic rings. The van der Waals surface area contributed by atoms with E-state index < -0.39 is 0 Å². The van der Waals surface area contributed by atoms with Crippen LogP contribution in [0.1, 0.15) is 25.7 Å². The summed E-state index contributed by atoms with van der Waals surface area (Å²) in [5.41, 5.74) is 7.57. The summed E-state index contributed by atoms with van der Waals surface area (Å²) in [6, 6.07) is 8.08. The highest BCUT2D eigenvalue weighted by atomic mass is 16.3. The Kier molecular flexibility index (Phi) is 3.34. The van der Waals surface area contributed by atoms with Crippen LogP contribution in [0.5, 0.6) is 0 Å². The molecule has 0 amide bonds. The SMILES string of the molecule is CN(c1ccc(N)cc1)C1CCCCC1O. The fraction of sp³-hybridized carbons (Fsp3) is 0.538. The van der Waals surface area contributed by atoms with Crippen LogP contribution in [-0.2, 0) is 0 Å². The zero-order valence-electron chi connectivity index (χ0n) is 9.76. The van der Waals surface area contributed by atoms with E-state index in [1.54, 1.807) is 0 Å². The average Bonchev–Trinajstić information content (AvgIpc) is 2.30. The number of nitrogen functional groups attached to an aromatic ring is 1. The molecule has 3 N–H and O–H groups in total. The lowest BCUT2D eigenvalue weighted by Crippen LogP contribution is -2.43. The Bertz CT molecular complexity index is 336. The van der Waals surface area contributed by atoms with Crippen LogP contribution in [0.25, 0.3) is 0 Å². The maximum atomic E-state index is 9.99.